The van der Waals surface area contributed by atoms with Crippen LogP contribution in [0.2, 0.25) is 0 Å². The van der Waals surface area contributed by atoms with Gasteiger partial charge in [-0.25, -0.2) is 0 Å². The topological polar surface area (TPSA) is 49.3 Å². The molecule has 0 amide bonds. The van der Waals surface area contributed by atoms with Crippen LogP contribution in [-0.2, 0) is 4.79 Å². The Bertz CT molecular complexity index is 213. The molecule has 0 atom stereocenters. The molecular weight excluding hydrogens is 273 g/mol. The van der Waals surface area contributed by atoms with Crippen LogP contribution in [0.3, 0.4) is 0 Å². The van der Waals surface area contributed by atoms with E-state index >= 15 is 0 Å². The van der Waals surface area contributed by atoms with Gasteiger partial charge in [-0.15, -0.1) is 0 Å². The van der Waals surface area contributed by atoms with Crippen LogP contribution in [0.25, 0.3) is 0 Å². The van der Waals surface area contributed by atoms with Crippen molar-refractivity contribution in [3.05, 3.63) is 0 Å². The number of hydrogen-bond donors (Lipinski definition) is 2. The summed E-state index contributed by atoms with van der Waals surface area (Å²) in [4.78, 5) is 10.3. The number of unbranched alkanes of at least 4 members (excludes halogenated alkanes) is 11. The third-order valence-corrected chi connectivity index (χ3v) is 3.72. The minimum Gasteiger partial charge on any atom is -0.481 e. The molecule has 0 rings (SSSR count). The summed E-state index contributed by atoms with van der Waals surface area (Å²) in [6, 6.07) is 0. The van der Waals surface area contributed by atoms with E-state index in [1.165, 1.54) is 77.0 Å². The van der Waals surface area contributed by atoms with E-state index < -0.39 is 5.97 Å². The molecule has 121 valence electrons. The first-order chi connectivity index (χ1) is 9.77. The van der Waals surface area contributed by atoms with Gasteiger partial charge in [-0.05, 0) is 13.0 Å². The van der Waals surface area contributed by atoms with Crippen LogP contribution >= 0.6 is 0 Å². The van der Waals surface area contributed by atoms with Gasteiger partial charge in [0.05, 0.1) is 6.42 Å². The van der Waals surface area contributed by atoms with Crippen LogP contribution in [0.15, 0.2) is 0 Å². The summed E-state index contributed by atoms with van der Waals surface area (Å²) >= 11 is 0. The number of rotatable bonds is 16. The second kappa shape index (κ2) is 20.4. The fourth-order valence-electron chi connectivity index (χ4n) is 2.41. The zero-order chi connectivity index (χ0) is 14.9. The maximum absolute atomic E-state index is 10.3. The van der Waals surface area contributed by atoms with Crippen molar-refractivity contribution >= 4 is 35.5 Å². The Labute approximate surface area is 153 Å². The van der Waals surface area contributed by atoms with Crippen LogP contribution in [0.1, 0.15) is 90.4 Å². The molecule has 1 radical (unpaired) electrons. The molecule has 0 aliphatic heterocycles. The molecule has 2 N–H and O–H groups in total. The van der Waals surface area contributed by atoms with Crippen molar-refractivity contribution in [3.63, 3.8) is 0 Å². The van der Waals surface area contributed by atoms with Crippen molar-refractivity contribution in [1.29, 1.82) is 0 Å². The maximum atomic E-state index is 10.3. The molecule has 0 heterocycles. The van der Waals surface area contributed by atoms with Gasteiger partial charge in [0.25, 0.3) is 0 Å². The van der Waals surface area contributed by atoms with E-state index in [1.807, 2.05) is 0 Å². The maximum Gasteiger partial charge on any atom is 0.304 e. The first-order valence-electron chi connectivity index (χ1n) is 8.70. The minimum atomic E-state index is -0.716. The average Bonchev–Trinajstić information content (AvgIpc) is 2.43. The number of carbonyl (C=O) groups is 1. The average molecular weight is 308 g/mol. The molecule has 0 unspecified atom stereocenters. The largest absolute Gasteiger partial charge is 0.481 e. The van der Waals surface area contributed by atoms with E-state index in [1.54, 1.807) is 0 Å². The molecule has 0 spiro atoms. The first-order valence-corrected chi connectivity index (χ1v) is 8.70. The number of carboxylic acid groups (broad SMARTS) is 1. The summed E-state index contributed by atoms with van der Waals surface area (Å²) in [5, 5.41) is 11.6. The second-order valence-corrected chi connectivity index (χ2v) is 5.78. The Morgan fingerprint density at radius 1 is 0.762 bits per heavy atom. The van der Waals surface area contributed by atoms with Gasteiger partial charge in [0.2, 0.25) is 0 Å². The number of aliphatic carboxylic acids is 1. The van der Waals surface area contributed by atoms with Gasteiger partial charge in [0, 0.05) is 36.1 Å². The summed E-state index contributed by atoms with van der Waals surface area (Å²) < 4.78 is 0. The number of carboxylic acids is 1. The van der Waals surface area contributed by atoms with Gasteiger partial charge >= 0.3 is 5.97 Å². The molecular formula is C17H35NNaO2. The molecule has 0 fully saturated rings. The molecule has 0 saturated carbocycles. The van der Waals surface area contributed by atoms with Crippen LogP contribution in [0, 0.1) is 0 Å². The standard InChI is InChI=1S/C17H35NO2.Na/c1-2-3-4-5-6-7-8-9-10-11-12-13-15-18-16-14-17(19)20;/h18H,2-16H2,1H3,(H,19,20);. The van der Waals surface area contributed by atoms with Gasteiger partial charge in [-0.1, -0.05) is 77.6 Å². The van der Waals surface area contributed by atoms with Gasteiger partial charge in [-0.3, -0.25) is 4.79 Å². The third kappa shape index (κ3) is 22.8. The van der Waals surface area contributed by atoms with Gasteiger partial charge in [-0.2, -0.15) is 0 Å². The SMILES string of the molecule is CCCCCCCCCCCCCCNCCC(=O)O.[Na]. The first kappa shape index (κ1) is 23.7. The van der Waals surface area contributed by atoms with E-state index in [-0.39, 0.29) is 36.0 Å². The normalized spacial score (nSPS) is 10.3. The Morgan fingerprint density at radius 2 is 1.19 bits per heavy atom. The van der Waals surface area contributed by atoms with E-state index in [4.69, 9.17) is 5.11 Å². The Kier molecular flexibility index (Phi) is 23.0. The van der Waals surface area contributed by atoms with E-state index in [0.29, 0.717) is 6.54 Å². The predicted octanol–water partition coefficient (Wildman–Crippen LogP) is 4.37. The van der Waals surface area contributed by atoms with Crippen molar-refractivity contribution in [2.24, 2.45) is 0 Å². The Morgan fingerprint density at radius 3 is 1.62 bits per heavy atom. The van der Waals surface area contributed by atoms with Crippen molar-refractivity contribution in [1.82, 2.24) is 5.32 Å². The van der Waals surface area contributed by atoms with E-state index in [9.17, 15) is 4.79 Å². The molecule has 0 aromatic heterocycles. The summed E-state index contributed by atoms with van der Waals surface area (Å²) in [7, 11) is 0. The van der Waals surface area contributed by atoms with Crippen molar-refractivity contribution in [2.45, 2.75) is 90.4 Å². The van der Waals surface area contributed by atoms with Crippen LogP contribution < -0.4 is 5.32 Å². The number of hydrogen-bond acceptors (Lipinski definition) is 2. The molecule has 0 aliphatic carbocycles. The van der Waals surface area contributed by atoms with E-state index in [2.05, 4.69) is 12.2 Å². The van der Waals surface area contributed by atoms with Gasteiger partial charge in [0.1, 0.15) is 0 Å². The molecule has 4 heteroatoms. The number of nitrogens with one attached hydrogen (secondary N) is 1. The van der Waals surface area contributed by atoms with Crippen molar-refractivity contribution < 1.29 is 9.90 Å². The fraction of sp³-hybridized carbons (Fsp3) is 0.941. The Hall–Kier alpha value is 0.430. The summed E-state index contributed by atoms with van der Waals surface area (Å²) in [6.07, 6.45) is 16.6. The molecule has 0 aromatic carbocycles. The molecule has 0 saturated heterocycles. The minimum absolute atomic E-state index is 0. The van der Waals surface area contributed by atoms with Crippen LogP contribution in [0.4, 0.5) is 0 Å². The Balaban J connectivity index is 0. The van der Waals surface area contributed by atoms with Crippen molar-refractivity contribution in [2.75, 3.05) is 13.1 Å². The third-order valence-electron chi connectivity index (χ3n) is 3.72. The van der Waals surface area contributed by atoms with E-state index in [0.717, 1.165) is 6.54 Å². The monoisotopic (exact) mass is 308 g/mol. The summed E-state index contributed by atoms with van der Waals surface area (Å²) in [5.74, 6) is -0.716. The van der Waals surface area contributed by atoms with Crippen LogP contribution in [-0.4, -0.2) is 53.7 Å². The molecule has 0 aliphatic rings. The van der Waals surface area contributed by atoms with Gasteiger partial charge < -0.3 is 10.4 Å². The van der Waals surface area contributed by atoms with Crippen LogP contribution in [0.5, 0.6) is 0 Å². The molecule has 0 aromatic rings. The van der Waals surface area contributed by atoms with Gasteiger partial charge in [0.15, 0.2) is 0 Å². The zero-order valence-corrected chi connectivity index (χ0v) is 16.5. The second-order valence-electron chi connectivity index (χ2n) is 5.78. The zero-order valence-electron chi connectivity index (χ0n) is 14.5. The summed E-state index contributed by atoms with van der Waals surface area (Å²) in [6.45, 7) is 3.83. The molecule has 21 heavy (non-hydrogen) atoms. The predicted molar refractivity (Wildman–Crippen MR) is 92.0 cm³/mol. The van der Waals surface area contributed by atoms with Crippen molar-refractivity contribution in [3.8, 4) is 0 Å². The fourth-order valence-corrected chi connectivity index (χ4v) is 2.41. The quantitative estimate of drug-likeness (QED) is 0.329. The molecule has 3 nitrogen and oxygen atoms in total. The molecule has 0 bridgehead atoms. The summed E-state index contributed by atoms with van der Waals surface area (Å²) in [5.41, 5.74) is 0. The smallest absolute Gasteiger partial charge is 0.304 e.